The fourth-order valence-corrected chi connectivity index (χ4v) is 5.00. The molecule has 0 radical (unpaired) electrons. The highest BCUT2D eigenvalue weighted by molar-refractivity contribution is 7.13. The smallest absolute Gasteiger partial charge is 0.0737 e. The van der Waals surface area contributed by atoms with Gasteiger partial charge in [0.1, 0.15) is 0 Å². The SMILES string of the molecule is Clc1ccc2c(Nc3ccc(-c4cccs4)c(CN4CCCC4)c3)ccnc2c1. The first-order valence-corrected chi connectivity index (χ1v) is 11.2. The van der Waals surface area contributed by atoms with E-state index >= 15 is 0 Å². The van der Waals surface area contributed by atoms with Gasteiger partial charge in [-0.3, -0.25) is 9.88 Å². The van der Waals surface area contributed by atoms with E-state index in [4.69, 9.17) is 11.6 Å². The van der Waals surface area contributed by atoms with E-state index in [-0.39, 0.29) is 0 Å². The number of pyridine rings is 1. The predicted octanol–water partition coefficient (Wildman–Crippen LogP) is 6.96. The van der Waals surface area contributed by atoms with Gasteiger partial charge in [0.05, 0.1) is 5.52 Å². The van der Waals surface area contributed by atoms with Crippen molar-refractivity contribution < 1.29 is 0 Å². The summed E-state index contributed by atoms with van der Waals surface area (Å²) in [6.07, 6.45) is 4.43. The summed E-state index contributed by atoms with van der Waals surface area (Å²) < 4.78 is 0. The molecule has 0 bridgehead atoms. The maximum absolute atomic E-state index is 6.14. The maximum atomic E-state index is 6.14. The molecule has 0 aliphatic carbocycles. The monoisotopic (exact) mass is 419 g/mol. The second-order valence-corrected chi connectivity index (χ2v) is 8.86. The van der Waals surface area contributed by atoms with Crippen LogP contribution in [0.2, 0.25) is 5.02 Å². The van der Waals surface area contributed by atoms with Crippen molar-refractivity contribution in [1.29, 1.82) is 0 Å². The highest BCUT2D eigenvalue weighted by Crippen LogP contribution is 2.33. The van der Waals surface area contributed by atoms with Crippen molar-refractivity contribution in [3.63, 3.8) is 0 Å². The zero-order valence-corrected chi connectivity index (χ0v) is 17.6. The molecule has 2 aromatic carbocycles. The summed E-state index contributed by atoms with van der Waals surface area (Å²) >= 11 is 7.94. The first kappa shape index (κ1) is 18.6. The Morgan fingerprint density at radius 3 is 2.76 bits per heavy atom. The van der Waals surface area contributed by atoms with E-state index < -0.39 is 0 Å². The Hall–Kier alpha value is -2.40. The Bertz CT molecular complexity index is 1130. The summed E-state index contributed by atoms with van der Waals surface area (Å²) in [5.74, 6) is 0. The molecule has 0 atom stereocenters. The maximum Gasteiger partial charge on any atom is 0.0737 e. The molecule has 1 aliphatic heterocycles. The summed E-state index contributed by atoms with van der Waals surface area (Å²) in [5, 5.41) is 7.53. The van der Waals surface area contributed by atoms with Gasteiger partial charge in [-0.25, -0.2) is 0 Å². The summed E-state index contributed by atoms with van der Waals surface area (Å²) in [7, 11) is 0. The number of likely N-dealkylation sites (tertiary alicyclic amines) is 1. The molecule has 1 fully saturated rings. The van der Waals surface area contributed by atoms with Gasteiger partial charge in [0.25, 0.3) is 0 Å². The normalized spacial score (nSPS) is 14.5. The first-order chi connectivity index (χ1) is 14.3. The molecule has 1 N–H and O–H groups in total. The van der Waals surface area contributed by atoms with Gasteiger partial charge in [0.2, 0.25) is 0 Å². The van der Waals surface area contributed by atoms with Crippen molar-refractivity contribution in [2.75, 3.05) is 18.4 Å². The lowest BCUT2D eigenvalue weighted by Crippen LogP contribution is -2.18. The molecule has 146 valence electrons. The fraction of sp³-hybridized carbons (Fsp3) is 0.208. The Labute approximate surface area is 180 Å². The predicted molar refractivity (Wildman–Crippen MR) is 124 cm³/mol. The highest BCUT2D eigenvalue weighted by Gasteiger charge is 2.16. The number of rotatable bonds is 5. The highest BCUT2D eigenvalue weighted by atomic mass is 35.5. The van der Waals surface area contributed by atoms with Crippen molar-refractivity contribution in [2.24, 2.45) is 0 Å². The molecule has 3 nitrogen and oxygen atoms in total. The zero-order chi connectivity index (χ0) is 19.6. The van der Waals surface area contributed by atoms with Crippen LogP contribution >= 0.6 is 22.9 Å². The van der Waals surface area contributed by atoms with Crippen LogP contribution in [0, 0.1) is 0 Å². The van der Waals surface area contributed by atoms with Gasteiger partial charge in [0, 0.05) is 39.4 Å². The molecule has 1 saturated heterocycles. The molecular weight excluding hydrogens is 398 g/mol. The summed E-state index contributed by atoms with van der Waals surface area (Å²) in [4.78, 5) is 8.33. The quantitative estimate of drug-likeness (QED) is 0.379. The summed E-state index contributed by atoms with van der Waals surface area (Å²) in [5.41, 5.74) is 5.75. The van der Waals surface area contributed by atoms with Crippen molar-refractivity contribution in [1.82, 2.24) is 9.88 Å². The van der Waals surface area contributed by atoms with Crippen LogP contribution in [-0.4, -0.2) is 23.0 Å². The number of fused-ring (bicyclic) bond motifs is 1. The van der Waals surface area contributed by atoms with Crippen molar-refractivity contribution >= 4 is 45.2 Å². The largest absolute Gasteiger partial charge is 0.355 e. The van der Waals surface area contributed by atoms with Crippen LogP contribution in [0.15, 0.2) is 66.2 Å². The molecule has 0 amide bonds. The minimum atomic E-state index is 0.704. The third-order valence-corrected chi connectivity index (χ3v) is 6.61. The number of halogens is 1. The first-order valence-electron chi connectivity index (χ1n) is 9.97. The second-order valence-electron chi connectivity index (χ2n) is 7.48. The fourth-order valence-electron chi connectivity index (χ4n) is 4.04. The molecule has 0 spiro atoms. The van der Waals surface area contributed by atoms with Crippen molar-refractivity contribution in [3.8, 4) is 10.4 Å². The van der Waals surface area contributed by atoms with Crippen LogP contribution in [0.3, 0.4) is 0 Å². The molecule has 4 aromatic rings. The zero-order valence-electron chi connectivity index (χ0n) is 16.1. The summed E-state index contributed by atoms with van der Waals surface area (Å²) in [6.45, 7) is 3.38. The Kier molecular flexibility index (Phi) is 5.23. The van der Waals surface area contributed by atoms with Crippen LogP contribution in [0.4, 0.5) is 11.4 Å². The lowest BCUT2D eigenvalue weighted by atomic mass is 10.0. The topological polar surface area (TPSA) is 28.2 Å². The van der Waals surface area contributed by atoms with Crippen LogP contribution in [0.1, 0.15) is 18.4 Å². The molecule has 3 heterocycles. The standard InChI is InChI=1S/C24H22ClN3S/c25-18-5-7-21-22(9-10-26-23(21)15-18)27-19-6-8-20(24-4-3-13-29-24)17(14-19)16-28-11-1-2-12-28/h3-10,13-15H,1-2,11-12,16H2,(H,26,27). The van der Waals surface area contributed by atoms with Crippen molar-refractivity contribution in [2.45, 2.75) is 19.4 Å². The molecule has 0 unspecified atom stereocenters. The molecule has 5 heteroatoms. The third-order valence-electron chi connectivity index (χ3n) is 5.47. The number of anilines is 2. The minimum Gasteiger partial charge on any atom is -0.355 e. The van der Waals surface area contributed by atoms with Gasteiger partial charge < -0.3 is 5.32 Å². The number of nitrogens with zero attached hydrogens (tertiary/aromatic N) is 2. The van der Waals surface area contributed by atoms with Gasteiger partial charge in [-0.2, -0.15) is 0 Å². The van der Waals surface area contributed by atoms with E-state index in [1.54, 1.807) is 11.3 Å². The number of hydrogen-bond donors (Lipinski definition) is 1. The molecule has 0 saturated carbocycles. The van der Waals surface area contributed by atoms with E-state index in [0.29, 0.717) is 5.02 Å². The summed E-state index contributed by atoms with van der Waals surface area (Å²) in [6, 6.07) is 18.9. The van der Waals surface area contributed by atoms with E-state index in [1.165, 1.54) is 41.9 Å². The van der Waals surface area contributed by atoms with E-state index in [0.717, 1.165) is 28.8 Å². The average Bonchev–Trinajstić information content (AvgIpc) is 3.42. The lowest BCUT2D eigenvalue weighted by Gasteiger charge is -2.19. The number of thiophene rings is 1. The molecule has 29 heavy (non-hydrogen) atoms. The number of aromatic nitrogens is 1. The lowest BCUT2D eigenvalue weighted by molar-refractivity contribution is 0.332. The van der Waals surface area contributed by atoms with Gasteiger partial charge >= 0.3 is 0 Å². The molecule has 1 aliphatic rings. The number of hydrogen-bond acceptors (Lipinski definition) is 4. The van der Waals surface area contributed by atoms with Gasteiger partial charge in [-0.05, 0) is 84.9 Å². The molecule has 5 rings (SSSR count). The van der Waals surface area contributed by atoms with E-state index in [2.05, 4.69) is 50.9 Å². The third kappa shape index (κ3) is 4.01. The average molecular weight is 420 g/mol. The van der Waals surface area contributed by atoms with Crippen LogP contribution < -0.4 is 5.32 Å². The minimum absolute atomic E-state index is 0.704. The molecular formula is C24H22ClN3S. The van der Waals surface area contributed by atoms with Gasteiger partial charge in [-0.15, -0.1) is 11.3 Å². The Morgan fingerprint density at radius 2 is 1.93 bits per heavy atom. The van der Waals surface area contributed by atoms with Gasteiger partial charge in [0.15, 0.2) is 0 Å². The van der Waals surface area contributed by atoms with Crippen LogP contribution in [0.5, 0.6) is 0 Å². The second kappa shape index (κ2) is 8.15. The van der Waals surface area contributed by atoms with E-state index in [1.807, 2.05) is 30.5 Å². The molecule has 2 aromatic heterocycles. The van der Waals surface area contributed by atoms with E-state index in [9.17, 15) is 0 Å². The van der Waals surface area contributed by atoms with Gasteiger partial charge in [-0.1, -0.05) is 23.7 Å². The van der Waals surface area contributed by atoms with Crippen molar-refractivity contribution in [3.05, 3.63) is 76.8 Å². The Balaban J connectivity index is 1.51. The van der Waals surface area contributed by atoms with Crippen LogP contribution in [0.25, 0.3) is 21.3 Å². The Morgan fingerprint density at radius 1 is 1.03 bits per heavy atom. The number of benzene rings is 2. The number of nitrogens with one attached hydrogen (secondary N) is 1. The van der Waals surface area contributed by atoms with Crippen LogP contribution in [-0.2, 0) is 6.54 Å².